The second-order valence-corrected chi connectivity index (χ2v) is 7.27. The van der Waals surface area contributed by atoms with Crippen molar-refractivity contribution in [3.05, 3.63) is 88.0 Å². The number of fused-ring (bicyclic) bond motifs is 1. The van der Waals surface area contributed by atoms with Crippen LogP contribution in [0.4, 0.5) is 5.69 Å². The summed E-state index contributed by atoms with van der Waals surface area (Å²) in [6, 6.07) is 18.8. The second-order valence-electron chi connectivity index (χ2n) is 7.27. The number of methoxy groups -OCH3 is 2. The third kappa shape index (κ3) is 4.93. The lowest BCUT2D eigenvalue weighted by molar-refractivity contribution is -0.384. The van der Waals surface area contributed by atoms with Gasteiger partial charge in [0.15, 0.2) is 0 Å². The zero-order valence-corrected chi connectivity index (χ0v) is 18.1. The molecule has 0 saturated carbocycles. The first-order chi connectivity index (χ1) is 16.0. The molecule has 0 aliphatic carbocycles. The normalized spacial score (nSPS) is 10.7. The van der Waals surface area contributed by atoms with Crippen LogP contribution in [-0.2, 0) is 17.8 Å². The molecule has 9 nitrogen and oxygen atoms in total. The van der Waals surface area contributed by atoms with E-state index in [-0.39, 0.29) is 24.5 Å². The van der Waals surface area contributed by atoms with Crippen LogP contribution in [0.5, 0.6) is 17.4 Å². The molecule has 4 aromatic rings. The lowest BCUT2D eigenvalue weighted by Gasteiger charge is -2.04. The van der Waals surface area contributed by atoms with Gasteiger partial charge >= 0.3 is 5.97 Å². The smallest absolute Gasteiger partial charge is 0.317 e. The highest BCUT2D eigenvalue weighted by Gasteiger charge is 2.17. The highest BCUT2D eigenvalue weighted by Crippen LogP contribution is 2.30. The van der Waals surface area contributed by atoms with Gasteiger partial charge in [0.2, 0.25) is 5.88 Å². The quantitative estimate of drug-likeness (QED) is 0.227. The van der Waals surface area contributed by atoms with Gasteiger partial charge < -0.3 is 14.2 Å². The number of carbonyl (C=O) groups excluding carboxylic acids is 1. The number of nitrogens with zero attached hydrogens (tertiary/aromatic N) is 3. The molecule has 0 bridgehead atoms. The van der Waals surface area contributed by atoms with Crippen LogP contribution in [0.15, 0.2) is 66.7 Å². The summed E-state index contributed by atoms with van der Waals surface area (Å²) in [6.45, 7) is 0.264. The fraction of sp³-hybridized carbons (Fsp3) is 0.167. The Balaban J connectivity index is 1.62. The van der Waals surface area contributed by atoms with E-state index < -0.39 is 10.9 Å². The van der Waals surface area contributed by atoms with E-state index in [1.807, 2.05) is 0 Å². The SMILES string of the molecule is COc1ccc(CC(=O)Oc2nn(Cc3cccc([N+](=O)[O-])c3)c3ccc(OC)cc23)cc1. The van der Waals surface area contributed by atoms with E-state index in [4.69, 9.17) is 14.2 Å². The third-order valence-corrected chi connectivity index (χ3v) is 5.10. The Hall–Kier alpha value is -4.40. The summed E-state index contributed by atoms with van der Waals surface area (Å²) in [6.07, 6.45) is 0.0627. The number of aromatic nitrogens is 2. The van der Waals surface area contributed by atoms with Gasteiger partial charge in [0.25, 0.3) is 5.69 Å². The number of ether oxygens (including phenoxy) is 3. The van der Waals surface area contributed by atoms with E-state index in [0.717, 1.165) is 5.56 Å². The van der Waals surface area contributed by atoms with Crippen molar-refractivity contribution in [3.63, 3.8) is 0 Å². The van der Waals surface area contributed by atoms with Crippen molar-refractivity contribution in [1.82, 2.24) is 9.78 Å². The predicted octanol–water partition coefficient (Wildman–Crippen LogP) is 4.16. The molecule has 0 aliphatic rings. The molecule has 0 spiro atoms. The minimum absolute atomic E-state index is 0.00299. The molecule has 0 unspecified atom stereocenters. The van der Waals surface area contributed by atoms with Crippen LogP contribution in [0.3, 0.4) is 0 Å². The van der Waals surface area contributed by atoms with E-state index in [9.17, 15) is 14.9 Å². The molecule has 33 heavy (non-hydrogen) atoms. The summed E-state index contributed by atoms with van der Waals surface area (Å²) >= 11 is 0. The van der Waals surface area contributed by atoms with Crippen molar-refractivity contribution in [2.75, 3.05) is 14.2 Å². The summed E-state index contributed by atoms with van der Waals surface area (Å²) < 4.78 is 17.7. The minimum Gasteiger partial charge on any atom is -0.497 e. The van der Waals surface area contributed by atoms with Crippen LogP contribution >= 0.6 is 0 Å². The Labute approximate surface area is 189 Å². The van der Waals surface area contributed by atoms with Crippen molar-refractivity contribution in [2.24, 2.45) is 0 Å². The van der Waals surface area contributed by atoms with E-state index in [2.05, 4.69) is 5.10 Å². The maximum atomic E-state index is 12.6. The number of nitro groups is 1. The van der Waals surface area contributed by atoms with Gasteiger partial charge in [-0.3, -0.25) is 19.6 Å². The number of esters is 1. The average molecular weight is 447 g/mol. The molecule has 0 N–H and O–H groups in total. The zero-order valence-electron chi connectivity index (χ0n) is 18.1. The van der Waals surface area contributed by atoms with Crippen molar-refractivity contribution >= 4 is 22.6 Å². The summed E-state index contributed by atoms with van der Waals surface area (Å²) in [7, 11) is 3.12. The number of benzene rings is 3. The third-order valence-electron chi connectivity index (χ3n) is 5.10. The van der Waals surface area contributed by atoms with Gasteiger partial charge in [-0.25, -0.2) is 0 Å². The lowest BCUT2D eigenvalue weighted by Crippen LogP contribution is -2.12. The van der Waals surface area contributed by atoms with Gasteiger partial charge in [0.05, 0.1) is 43.0 Å². The van der Waals surface area contributed by atoms with Crippen LogP contribution in [-0.4, -0.2) is 34.9 Å². The fourth-order valence-corrected chi connectivity index (χ4v) is 3.45. The Morgan fingerprint density at radius 2 is 1.70 bits per heavy atom. The molecular weight excluding hydrogens is 426 g/mol. The standard InChI is InChI=1S/C24H21N3O6/c1-31-19-8-6-16(7-9-19)13-23(28)33-24-21-14-20(32-2)10-11-22(21)26(25-24)15-17-4-3-5-18(12-17)27(29)30/h3-12,14H,13,15H2,1-2H3. The first kappa shape index (κ1) is 21.8. The molecule has 3 aromatic carbocycles. The van der Waals surface area contributed by atoms with E-state index in [0.29, 0.717) is 28.0 Å². The van der Waals surface area contributed by atoms with Crippen LogP contribution < -0.4 is 14.2 Å². The molecule has 1 aromatic heterocycles. The maximum absolute atomic E-state index is 12.6. The van der Waals surface area contributed by atoms with Crippen molar-refractivity contribution in [1.29, 1.82) is 0 Å². The molecule has 0 radical (unpaired) electrons. The molecule has 168 valence electrons. The topological polar surface area (TPSA) is 106 Å². The summed E-state index contributed by atoms with van der Waals surface area (Å²) in [5, 5.41) is 16.2. The summed E-state index contributed by atoms with van der Waals surface area (Å²) in [4.78, 5) is 23.3. The predicted molar refractivity (Wildman–Crippen MR) is 121 cm³/mol. The van der Waals surface area contributed by atoms with Crippen LogP contribution in [0.25, 0.3) is 10.9 Å². The van der Waals surface area contributed by atoms with Crippen molar-refractivity contribution in [2.45, 2.75) is 13.0 Å². The van der Waals surface area contributed by atoms with E-state index >= 15 is 0 Å². The number of rotatable bonds is 8. The highest BCUT2D eigenvalue weighted by molar-refractivity contribution is 5.88. The molecule has 1 heterocycles. The molecule has 9 heteroatoms. The van der Waals surface area contributed by atoms with Gasteiger partial charge in [-0.15, -0.1) is 5.10 Å². The van der Waals surface area contributed by atoms with Crippen LogP contribution in [0.2, 0.25) is 0 Å². The molecule has 0 atom stereocenters. The first-order valence-corrected chi connectivity index (χ1v) is 10.1. The summed E-state index contributed by atoms with van der Waals surface area (Å²) in [5.74, 6) is 0.965. The van der Waals surface area contributed by atoms with Gasteiger partial charge in [-0.1, -0.05) is 24.3 Å². The molecule has 4 rings (SSSR count). The second kappa shape index (κ2) is 9.39. The van der Waals surface area contributed by atoms with Gasteiger partial charge in [0.1, 0.15) is 11.5 Å². The van der Waals surface area contributed by atoms with Gasteiger partial charge in [-0.2, -0.15) is 0 Å². The first-order valence-electron chi connectivity index (χ1n) is 10.1. The number of non-ortho nitro benzene ring substituents is 1. The lowest BCUT2D eigenvalue weighted by atomic mass is 10.1. The van der Waals surface area contributed by atoms with E-state index in [1.54, 1.807) is 73.5 Å². The number of hydrogen-bond acceptors (Lipinski definition) is 7. The average Bonchev–Trinajstić information content (AvgIpc) is 3.15. The Morgan fingerprint density at radius 1 is 0.970 bits per heavy atom. The molecule has 0 amide bonds. The molecule has 0 aliphatic heterocycles. The fourth-order valence-electron chi connectivity index (χ4n) is 3.45. The zero-order chi connectivity index (χ0) is 23.4. The molecular formula is C24H21N3O6. The van der Waals surface area contributed by atoms with Crippen LogP contribution in [0, 0.1) is 10.1 Å². The number of carbonyl (C=O) groups is 1. The largest absolute Gasteiger partial charge is 0.497 e. The van der Waals surface area contributed by atoms with Crippen LogP contribution in [0.1, 0.15) is 11.1 Å². The number of nitro benzene ring substituents is 1. The van der Waals surface area contributed by atoms with Gasteiger partial charge in [-0.05, 0) is 41.5 Å². The Bertz CT molecular complexity index is 1310. The van der Waals surface area contributed by atoms with E-state index in [1.165, 1.54) is 12.1 Å². The van der Waals surface area contributed by atoms with Crippen molar-refractivity contribution < 1.29 is 23.9 Å². The monoisotopic (exact) mass is 447 g/mol. The minimum atomic E-state index is -0.468. The summed E-state index contributed by atoms with van der Waals surface area (Å²) in [5.41, 5.74) is 2.17. The Morgan fingerprint density at radius 3 is 2.39 bits per heavy atom. The molecule has 0 fully saturated rings. The number of hydrogen-bond donors (Lipinski definition) is 0. The Kier molecular flexibility index (Phi) is 6.21. The highest BCUT2D eigenvalue weighted by atomic mass is 16.6. The van der Waals surface area contributed by atoms with Gasteiger partial charge in [0, 0.05) is 12.1 Å². The molecule has 0 saturated heterocycles. The maximum Gasteiger partial charge on any atom is 0.317 e. The van der Waals surface area contributed by atoms with Crippen molar-refractivity contribution in [3.8, 4) is 17.4 Å².